The number of amides is 2. The SMILES string of the molecule is Cc1ccc(C2c3cc(OCc4nc(C(=O)NCC(C)C)cs4)ccc3CCN2C(=O)C2CC2)cc1. The van der Waals surface area contributed by atoms with Gasteiger partial charge in [-0.3, -0.25) is 9.59 Å². The van der Waals surface area contributed by atoms with Crippen LogP contribution in [0.15, 0.2) is 47.8 Å². The number of nitrogens with zero attached hydrogens (tertiary/aromatic N) is 2. The van der Waals surface area contributed by atoms with Crippen molar-refractivity contribution < 1.29 is 14.3 Å². The van der Waals surface area contributed by atoms with E-state index in [2.05, 4.69) is 72.4 Å². The van der Waals surface area contributed by atoms with E-state index in [0.29, 0.717) is 24.8 Å². The fourth-order valence-corrected chi connectivity index (χ4v) is 5.29. The summed E-state index contributed by atoms with van der Waals surface area (Å²) in [5.74, 6) is 1.42. The van der Waals surface area contributed by atoms with Crippen LogP contribution in [0.3, 0.4) is 0 Å². The molecule has 1 unspecified atom stereocenters. The number of aromatic nitrogens is 1. The summed E-state index contributed by atoms with van der Waals surface area (Å²) in [7, 11) is 0. The van der Waals surface area contributed by atoms with Gasteiger partial charge in [-0.1, -0.05) is 49.7 Å². The molecule has 1 fully saturated rings. The number of benzene rings is 2. The van der Waals surface area contributed by atoms with E-state index < -0.39 is 0 Å². The quantitative estimate of drug-likeness (QED) is 0.453. The lowest BCUT2D eigenvalue weighted by atomic mass is 9.87. The van der Waals surface area contributed by atoms with Crippen molar-refractivity contribution in [3.8, 4) is 5.75 Å². The van der Waals surface area contributed by atoms with Gasteiger partial charge in [0.05, 0.1) is 6.04 Å². The molecule has 188 valence electrons. The van der Waals surface area contributed by atoms with E-state index >= 15 is 0 Å². The number of hydrogen-bond donors (Lipinski definition) is 1. The molecule has 3 aromatic rings. The Morgan fingerprint density at radius 1 is 1.17 bits per heavy atom. The predicted octanol–water partition coefficient (Wildman–Crippen LogP) is 5.30. The van der Waals surface area contributed by atoms with Crippen LogP contribution in [0.25, 0.3) is 0 Å². The first-order valence-electron chi connectivity index (χ1n) is 12.7. The smallest absolute Gasteiger partial charge is 0.270 e. The Morgan fingerprint density at radius 3 is 2.67 bits per heavy atom. The second-order valence-electron chi connectivity index (χ2n) is 10.2. The molecule has 36 heavy (non-hydrogen) atoms. The molecule has 1 saturated carbocycles. The molecular formula is C29H33N3O3S. The predicted molar refractivity (Wildman–Crippen MR) is 141 cm³/mol. The van der Waals surface area contributed by atoms with Gasteiger partial charge in [0.2, 0.25) is 5.91 Å². The highest BCUT2D eigenvalue weighted by molar-refractivity contribution is 7.09. The minimum absolute atomic E-state index is 0.109. The summed E-state index contributed by atoms with van der Waals surface area (Å²) in [5.41, 5.74) is 5.14. The van der Waals surface area contributed by atoms with E-state index in [1.165, 1.54) is 22.5 Å². The molecule has 1 atom stereocenters. The van der Waals surface area contributed by atoms with E-state index in [9.17, 15) is 9.59 Å². The van der Waals surface area contributed by atoms with Crippen LogP contribution in [-0.4, -0.2) is 34.8 Å². The van der Waals surface area contributed by atoms with Gasteiger partial charge in [0.1, 0.15) is 23.1 Å². The van der Waals surface area contributed by atoms with Gasteiger partial charge in [0.25, 0.3) is 5.91 Å². The normalized spacial score (nSPS) is 17.1. The Bertz CT molecular complexity index is 1250. The lowest BCUT2D eigenvalue weighted by Gasteiger charge is -2.38. The Labute approximate surface area is 216 Å². The second kappa shape index (κ2) is 10.4. The highest BCUT2D eigenvalue weighted by atomic mass is 32.1. The minimum Gasteiger partial charge on any atom is -0.486 e. The molecule has 1 N–H and O–H groups in total. The number of rotatable bonds is 8. The van der Waals surface area contributed by atoms with Crippen molar-refractivity contribution in [3.05, 3.63) is 80.8 Å². The standard InChI is InChI=1S/C29H33N3O3S/c1-18(2)15-30-28(33)25-17-36-26(31-25)16-35-23-11-10-20-12-13-32(29(34)22-8-9-22)27(24(20)14-23)21-6-4-19(3)5-7-21/h4-7,10-11,14,17-18,22,27H,8-9,12-13,15-16H2,1-3H3,(H,30,33). The third-order valence-electron chi connectivity index (χ3n) is 6.77. The maximum absolute atomic E-state index is 13.2. The number of thiazole rings is 1. The zero-order valence-electron chi connectivity index (χ0n) is 21.1. The first-order chi connectivity index (χ1) is 17.4. The number of ether oxygens (including phenoxy) is 1. The summed E-state index contributed by atoms with van der Waals surface area (Å²) in [5, 5.41) is 5.43. The lowest BCUT2D eigenvalue weighted by molar-refractivity contribution is -0.134. The zero-order valence-corrected chi connectivity index (χ0v) is 21.9. The van der Waals surface area contributed by atoms with E-state index in [0.717, 1.165) is 47.7 Å². The Hall–Kier alpha value is -3.19. The third-order valence-corrected chi connectivity index (χ3v) is 7.59. The second-order valence-corrected chi connectivity index (χ2v) is 11.2. The summed E-state index contributed by atoms with van der Waals surface area (Å²) in [6.07, 6.45) is 2.84. The highest BCUT2D eigenvalue weighted by Crippen LogP contribution is 2.41. The minimum atomic E-state index is -0.152. The van der Waals surface area contributed by atoms with Crippen molar-refractivity contribution in [1.82, 2.24) is 15.2 Å². The van der Waals surface area contributed by atoms with Gasteiger partial charge < -0.3 is 15.0 Å². The number of aryl methyl sites for hydroxylation is 1. The van der Waals surface area contributed by atoms with Crippen LogP contribution in [0, 0.1) is 18.8 Å². The van der Waals surface area contributed by atoms with Crippen molar-refractivity contribution in [2.75, 3.05) is 13.1 Å². The molecule has 2 aromatic carbocycles. The van der Waals surface area contributed by atoms with E-state index in [4.69, 9.17) is 4.74 Å². The van der Waals surface area contributed by atoms with Gasteiger partial charge in [-0.05, 0) is 60.9 Å². The Balaban J connectivity index is 1.35. The van der Waals surface area contributed by atoms with Crippen LogP contribution in [0.4, 0.5) is 0 Å². The Morgan fingerprint density at radius 2 is 1.94 bits per heavy atom. The molecular weight excluding hydrogens is 470 g/mol. The molecule has 0 radical (unpaired) electrons. The lowest BCUT2D eigenvalue weighted by Crippen LogP contribution is -2.41. The van der Waals surface area contributed by atoms with Crippen molar-refractivity contribution in [2.45, 2.75) is 52.7 Å². The average molecular weight is 504 g/mol. The summed E-state index contributed by atoms with van der Waals surface area (Å²) in [6.45, 7) is 7.85. The van der Waals surface area contributed by atoms with Crippen molar-refractivity contribution in [2.24, 2.45) is 11.8 Å². The first kappa shape index (κ1) is 24.5. The molecule has 1 aliphatic carbocycles. The first-order valence-corrected chi connectivity index (χ1v) is 13.6. The molecule has 2 amide bonds. The molecule has 0 saturated heterocycles. The van der Waals surface area contributed by atoms with Gasteiger partial charge in [0, 0.05) is 24.4 Å². The summed E-state index contributed by atoms with van der Waals surface area (Å²) in [6, 6.07) is 14.6. The molecule has 0 spiro atoms. The summed E-state index contributed by atoms with van der Waals surface area (Å²) < 4.78 is 6.12. The number of nitrogens with one attached hydrogen (secondary N) is 1. The molecule has 0 bridgehead atoms. The van der Waals surface area contributed by atoms with E-state index in [1.54, 1.807) is 5.38 Å². The van der Waals surface area contributed by atoms with Crippen LogP contribution in [0.5, 0.6) is 5.75 Å². The fourth-order valence-electron chi connectivity index (χ4n) is 4.61. The average Bonchev–Trinajstić information content (AvgIpc) is 3.62. The molecule has 1 aliphatic heterocycles. The fraction of sp³-hybridized carbons (Fsp3) is 0.414. The van der Waals surface area contributed by atoms with Crippen LogP contribution >= 0.6 is 11.3 Å². The maximum atomic E-state index is 13.2. The molecule has 6 nitrogen and oxygen atoms in total. The zero-order chi connectivity index (χ0) is 25.2. The van der Waals surface area contributed by atoms with Gasteiger partial charge >= 0.3 is 0 Å². The van der Waals surface area contributed by atoms with Crippen LogP contribution in [0.2, 0.25) is 0 Å². The van der Waals surface area contributed by atoms with E-state index in [-0.39, 0.29) is 23.8 Å². The molecule has 5 rings (SSSR count). The Kier molecular flexibility index (Phi) is 7.10. The van der Waals surface area contributed by atoms with Gasteiger partial charge in [-0.25, -0.2) is 4.98 Å². The van der Waals surface area contributed by atoms with Crippen molar-refractivity contribution in [1.29, 1.82) is 0 Å². The highest BCUT2D eigenvalue weighted by Gasteiger charge is 2.39. The number of fused-ring (bicyclic) bond motifs is 1. The van der Waals surface area contributed by atoms with Crippen molar-refractivity contribution in [3.63, 3.8) is 0 Å². The maximum Gasteiger partial charge on any atom is 0.270 e. The van der Waals surface area contributed by atoms with Crippen molar-refractivity contribution >= 4 is 23.2 Å². The number of hydrogen-bond acceptors (Lipinski definition) is 5. The molecule has 2 aliphatic rings. The summed E-state index contributed by atoms with van der Waals surface area (Å²) >= 11 is 1.42. The molecule has 7 heteroatoms. The topological polar surface area (TPSA) is 71.5 Å². The summed E-state index contributed by atoms with van der Waals surface area (Å²) in [4.78, 5) is 32.0. The van der Waals surface area contributed by atoms with Crippen LogP contribution in [0.1, 0.15) is 70.5 Å². The molecule has 2 heterocycles. The van der Waals surface area contributed by atoms with Gasteiger partial charge in [-0.15, -0.1) is 11.3 Å². The largest absolute Gasteiger partial charge is 0.486 e. The van der Waals surface area contributed by atoms with Crippen LogP contribution < -0.4 is 10.1 Å². The van der Waals surface area contributed by atoms with E-state index in [1.807, 2.05) is 6.07 Å². The number of carbonyl (C=O) groups excluding carboxylic acids is 2. The molecule has 1 aromatic heterocycles. The van der Waals surface area contributed by atoms with Crippen LogP contribution in [-0.2, 0) is 17.8 Å². The van der Waals surface area contributed by atoms with Gasteiger partial charge in [0.15, 0.2) is 0 Å². The monoisotopic (exact) mass is 503 g/mol. The van der Waals surface area contributed by atoms with Gasteiger partial charge in [-0.2, -0.15) is 0 Å². The number of carbonyl (C=O) groups is 2. The third kappa shape index (κ3) is 5.46.